The van der Waals surface area contributed by atoms with Gasteiger partial charge in [0.25, 0.3) is 0 Å². The van der Waals surface area contributed by atoms with Crippen molar-refractivity contribution in [3.05, 3.63) is 69.9 Å². The average molecular weight is 342 g/mol. The monoisotopic (exact) mass is 340 g/mol. The lowest BCUT2D eigenvalue weighted by atomic mass is 9.94. The summed E-state index contributed by atoms with van der Waals surface area (Å²) >= 11 is 9.51. The fourth-order valence-electron chi connectivity index (χ4n) is 2.18. The molecule has 2 rings (SSSR count). The molecule has 0 fully saturated rings. The van der Waals surface area contributed by atoms with Crippen LogP contribution in [0, 0.1) is 11.7 Å². The summed E-state index contributed by atoms with van der Waals surface area (Å²) in [6.07, 6.45) is 1.70. The molecule has 0 N–H and O–H groups in total. The third kappa shape index (κ3) is 4.63. The summed E-state index contributed by atoms with van der Waals surface area (Å²) in [5.41, 5.74) is 2.25. The van der Waals surface area contributed by atoms with Crippen LogP contribution in [0.1, 0.15) is 11.1 Å². The average Bonchev–Trinajstić information content (AvgIpc) is 2.38. The van der Waals surface area contributed by atoms with Crippen molar-refractivity contribution in [3.8, 4) is 0 Å². The topological polar surface area (TPSA) is 0 Å². The van der Waals surface area contributed by atoms with Crippen molar-refractivity contribution in [2.75, 3.05) is 5.88 Å². The molecule has 0 heterocycles. The van der Waals surface area contributed by atoms with E-state index in [0.29, 0.717) is 11.8 Å². The first-order valence-corrected chi connectivity index (χ1v) is 7.55. The van der Waals surface area contributed by atoms with Crippen LogP contribution in [0.3, 0.4) is 0 Å². The van der Waals surface area contributed by atoms with E-state index in [-0.39, 0.29) is 5.82 Å². The van der Waals surface area contributed by atoms with E-state index in [1.165, 1.54) is 11.6 Å². The van der Waals surface area contributed by atoms with Gasteiger partial charge in [0.05, 0.1) is 0 Å². The van der Waals surface area contributed by atoms with E-state index in [4.69, 9.17) is 11.6 Å². The van der Waals surface area contributed by atoms with Crippen molar-refractivity contribution in [3.63, 3.8) is 0 Å². The van der Waals surface area contributed by atoms with Gasteiger partial charge in [-0.1, -0.05) is 40.2 Å². The van der Waals surface area contributed by atoms with Gasteiger partial charge in [0.1, 0.15) is 5.82 Å². The Bertz CT molecular complexity index is 494. The molecular formula is C16H15BrClF. The van der Waals surface area contributed by atoms with Crippen LogP contribution in [0.2, 0.25) is 0 Å². The normalized spacial score (nSPS) is 12.4. The molecule has 19 heavy (non-hydrogen) atoms. The largest absolute Gasteiger partial charge is 0.207 e. The highest BCUT2D eigenvalue weighted by Gasteiger charge is 2.10. The van der Waals surface area contributed by atoms with Crippen LogP contribution < -0.4 is 0 Å². The van der Waals surface area contributed by atoms with Crippen molar-refractivity contribution in [1.82, 2.24) is 0 Å². The number of halogens is 3. The molecule has 0 saturated carbocycles. The highest BCUT2D eigenvalue weighted by molar-refractivity contribution is 9.10. The molecule has 2 aromatic rings. The first-order valence-electron chi connectivity index (χ1n) is 6.22. The van der Waals surface area contributed by atoms with E-state index in [0.717, 1.165) is 22.9 Å². The Labute approximate surface area is 126 Å². The first-order chi connectivity index (χ1) is 9.17. The zero-order valence-corrected chi connectivity index (χ0v) is 12.8. The van der Waals surface area contributed by atoms with Gasteiger partial charge in [0.2, 0.25) is 0 Å². The third-order valence-corrected chi connectivity index (χ3v) is 3.97. The Morgan fingerprint density at radius 2 is 1.63 bits per heavy atom. The van der Waals surface area contributed by atoms with Gasteiger partial charge in [-0.15, -0.1) is 11.6 Å². The molecule has 0 saturated heterocycles. The molecule has 0 nitrogen and oxygen atoms in total. The van der Waals surface area contributed by atoms with E-state index >= 15 is 0 Å². The molecule has 0 bridgehead atoms. The predicted octanol–water partition coefficient (Wildman–Crippen LogP) is 5.23. The molecule has 0 aliphatic heterocycles. The summed E-state index contributed by atoms with van der Waals surface area (Å²) in [5, 5.41) is 0. The Kier molecular flexibility index (Phi) is 5.41. The van der Waals surface area contributed by atoms with E-state index in [9.17, 15) is 4.39 Å². The Morgan fingerprint density at radius 3 is 2.21 bits per heavy atom. The van der Waals surface area contributed by atoms with Gasteiger partial charge in [-0.05, 0) is 54.2 Å². The predicted molar refractivity (Wildman–Crippen MR) is 82.2 cm³/mol. The minimum absolute atomic E-state index is 0.187. The van der Waals surface area contributed by atoms with E-state index in [1.54, 1.807) is 12.1 Å². The molecule has 2 aromatic carbocycles. The van der Waals surface area contributed by atoms with Crippen molar-refractivity contribution < 1.29 is 4.39 Å². The molecule has 100 valence electrons. The number of benzene rings is 2. The van der Waals surface area contributed by atoms with Crippen LogP contribution in [0.4, 0.5) is 4.39 Å². The highest BCUT2D eigenvalue weighted by Crippen LogP contribution is 2.19. The lowest BCUT2D eigenvalue weighted by Crippen LogP contribution is -2.10. The van der Waals surface area contributed by atoms with Gasteiger partial charge in [-0.2, -0.15) is 0 Å². The second kappa shape index (κ2) is 7.06. The SMILES string of the molecule is Fc1cccc(CC(CCl)Cc2cccc(Br)c2)c1. The first kappa shape index (κ1) is 14.5. The van der Waals surface area contributed by atoms with Crippen LogP contribution in [0.15, 0.2) is 53.0 Å². The molecule has 3 heteroatoms. The van der Waals surface area contributed by atoms with Crippen LogP contribution >= 0.6 is 27.5 Å². The maximum Gasteiger partial charge on any atom is 0.123 e. The molecular weight excluding hydrogens is 327 g/mol. The molecule has 0 amide bonds. The smallest absolute Gasteiger partial charge is 0.123 e. The summed E-state index contributed by atoms with van der Waals surface area (Å²) in [6.45, 7) is 0. The number of alkyl halides is 1. The standard InChI is InChI=1S/C16H15BrClF/c17-15-5-1-3-12(9-15)7-14(11-18)8-13-4-2-6-16(19)10-13/h1-6,9-10,14H,7-8,11H2. The summed E-state index contributed by atoms with van der Waals surface area (Å²) in [6, 6.07) is 15.0. The Hall–Kier alpha value is -0.860. The van der Waals surface area contributed by atoms with Crippen molar-refractivity contribution >= 4 is 27.5 Å². The molecule has 0 aromatic heterocycles. The van der Waals surface area contributed by atoms with E-state index in [1.807, 2.05) is 18.2 Å². The third-order valence-electron chi connectivity index (χ3n) is 3.05. The maximum absolute atomic E-state index is 13.2. The fourth-order valence-corrected chi connectivity index (χ4v) is 2.84. The second-order valence-corrected chi connectivity index (χ2v) is 5.91. The zero-order valence-electron chi connectivity index (χ0n) is 10.5. The van der Waals surface area contributed by atoms with Crippen LogP contribution in [0.25, 0.3) is 0 Å². The summed E-state index contributed by atoms with van der Waals surface area (Å²) in [7, 11) is 0. The molecule has 0 aliphatic carbocycles. The highest BCUT2D eigenvalue weighted by atomic mass is 79.9. The summed E-state index contributed by atoms with van der Waals surface area (Å²) in [4.78, 5) is 0. The van der Waals surface area contributed by atoms with Gasteiger partial charge < -0.3 is 0 Å². The van der Waals surface area contributed by atoms with Gasteiger partial charge in [-0.25, -0.2) is 4.39 Å². The molecule has 0 radical (unpaired) electrons. The van der Waals surface area contributed by atoms with Crippen LogP contribution in [-0.2, 0) is 12.8 Å². The van der Waals surface area contributed by atoms with Gasteiger partial charge in [0, 0.05) is 10.4 Å². The number of hydrogen-bond donors (Lipinski definition) is 0. The van der Waals surface area contributed by atoms with Gasteiger partial charge >= 0.3 is 0 Å². The number of rotatable bonds is 5. The fraction of sp³-hybridized carbons (Fsp3) is 0.250. The maximum atomic E-state index is 13.2. The molecule has 0 aliphatic rings. The van der Waals surface area contributed by atoms with Crippen molar-refractivity contribution in [2.45, 2.75) is 12.8 Å². The minimum atomic E-state index is -0.187. The number of hydrogen-bond acceptors (Lipinski definition) is 0. The van der Waals surface area contributed by atoms with Gasteiger partial charge in [-0.3, -0.25) is 0 Å². The van der Waals surface area contributed by atoms with Crippen LogP contribution in [-0.4, -0.2) is 5.88 Å². The Morgan fingerprint density at radius 1 is 1.00 bits per heavy atom. The summed E-state index contributed by atoms with van der Waals surface area (Å²) < 4.78 is 14.2. The quantitative estimate of drug-likeness (QED) is 0.653. The summed E-state index contributed by atoms with van der Waals surface area (Å²) in [5.74, 6) is 0.703. The lowest BCUT2D eigenvalue weighted by molar-refractivity contribution is 0.576. The van der Waals surface area contributed by atoms with E-state index in [2.05, 4.69) is 28.1 Å². The van der Waals surface area contributed by atoms with Crippen molar-refractivity contribution in [1.29, 1.82) is 0 Å². The van der Waals surface area contributed by atoms with Crippen molar-refractivity contribution in [2.24, 2.45) is 5.92 Å². The lowest BCUT2D eigenvalue weighted by Gasteiger charge is -2.14. The van der Waals surface area contributed by atoms with E-state index < -0.39 is 0 Å². The molecule has 1 unspecified atom stereocenters. The molecule has 1 atom stereocenters. The van der Waals surface area contributed by atoms with Crippen LogP contribution in [0.5, 0.6) is 0 Å². The Balaban J connectivity index is 2.04. The zero-order chi connectivity index (χ0) is 13.7. The van der Waals surface area contributed by atoms with Gasteiger partial charge in [0.15, 0.2) is 0 Å². The second-order valence-electron chi connectivity index (χ2n) is 4.69. The molecule has 0 spiro atoms. The minimum Gasteiger partial charge on any atom is -0.207 e.